The van der Waals surface area contributed by atoms with Crippen LogP contribution in [-0.4, -0.2) is 92.2 Å². The lowest BCUT2D eigenvalue weighted by Gasteiger charge is -2.29. The van der Waals surface area contributed by atoms with E-state index >= 15 is 0 Å². The minimum absolute atomic E-state index is 0.0878. The zero-order valence-corrected chi connectivity index (χ0v) is 32.2. The number of H-pyrrole nitrogens is 1. The normalized spacial score (nSPS) is 16.1. The molecule has 0 radical (unpaired) electrons. The van der Waals surface area contributed by atoms with Crippen LogP contribution >= 0.6 is 0 Å². The Hall–Kier alpha value is -4.75. The number of aromatic nitrogens is 2. The Morgan fingerprint density at radius 1 is 0.796 bits per heavy atom. The highest BCUT2D eigenvalue weighted by atomic mass is 16.4. The second-order valence-electron chi connectivity index (χ2n) is 14.4. The fraction of sp³-hybridized carbons (Fsp3) is 0.625. The number of unbranched alkanes of at least 4 members (excludes halogenated alkanes) is 10. The van der Waals surface area contributed by atoms with Gasteiger partial charge in [-0.25, -0.2) is 9.78 Å². The molecule has 5 atom stereocenters. The van der Waals surface area contributed by atoms with Crippen molar-refractivity contribution in [3.8, 4) is 0 Å². The van der Waals surface area contributed by atoms with Crippen molar-refractivity contribution in [3.05, 3.63) is 54.1 Å². The quantitative estimate of drug-likeness (QED) is 0.0819. The molecule has 0 bridgehead atoms. The molecule has 54 heavy (non-hydrogen) atoms. The summed E-state index contributed by atoms with van der Waals surface area (Å²) in [4.78, 5) is 86.3. The fourth-order valence-corrected chi connectivity index (χ4v) is 6.69. The number of likely N-dealkylation sites (tertiary alicyclic amines) is 1. The van der Waals surface area contributed by atoms with Crippen LogP contribution in [0.2, 0.25) is 0 Å². The molecule has 1 aliphatic rings. The molecular formula is C40H61N7O7. The molecule has 14 nitrogen and oxygen atoms in total. The molecule has 0 spiro atoms. The summed E-state index contributed by atoms with van der Waals surface area (Å²) >= 11 is 0. The molecule has 0 unspecified atom stereocenters. The third kappa shape index (κ3) is 15.3. The van der Waals surface area contributed by atoms with Gasteiger partial charge in [0.05, 0.1) is 6.33 Å². The summed E-state index contributed by atoms with van der Waals surface area (Å²) in [7, 11) is 0. The summed E-state index contributed by atoms with van der Waals surface area (Å²) in [6, 6.07) is 3.84. The molecule has 298 valence electrons. The summed E-state index contributed by atoms with van der Waals surface area (Å²) in [6.45, 7) is 5.47. The summed E-state index contributed by atoms with van der Waals surface area (Å²) in [6.07, 6.45) is 17.3. The van der Waals surface area contributed by atoms with Gasteiger partial charge in [0.15, 0.2) is 0 Å². The molecule has 5 amide bonds. The topological polar surface area (TPSA) is 203 Å². The van der Waals surface area contributed by atoms with E-state index in [2.05, 4.69) is 38.2 Å². The van der Waals surface area contributed by atoms with Gasteiger partial charge in [-0.05, 0) is 38.7 Å². The van der Waals surface area contributed by atoms with E-state index in [4.69, 9.17) is 0 Å². The first-order valence-electron chi connectivity index (χ1n) is 19.7. The van der Waals surface area contributed by atoms with E-state index in [0.29, 0.717) is 25.0 Å². The van der Waals surface area contributed by atoms with Crippen LogP contribution in [0, 0.1) is 0 Å². The fourth-order valence-electron chi connectivity index (χ4n) is 6.69. The largest absolute Gasteiger partial charge is 0.480 e. The number of aromatic amines is 1. The summed E-state index contributed by atoms with van der Waals surface area (Å²) in [5.41, 5.74) is 1.39. The predicted molar refractivity (Wildman–Crippen MR) is 205 cm³/mol. The van der Waals surface area contributed by atoms with E-state index in [0.717, 1.165) is 31.2 Å². The van der Waals surface area contributed by atoms with Crippen LogP contribution in [0.1, 0.15) is 122 Å². The maximum Gasteiger partial charge on any atom is 0.326 e. The van der Waals surface area contributed by atoms with Gasteiger partial charge in [-0.2, -0.15) is 0 Å². The first kappa shape index (κ1) is 43.7. The Morgan fingerprint density at radius 3 is 2.04 bits per heavy atom. The molecule has 1 saturated heterocycles. The molecule has 1 fully saturated rings. The lowest BCUT2D eigenvalue weighted by atomic mass is 10.0. The number of nitrogens with one attached hydrogen (secondary N) is 5. The number of nitrogens with zero attached hydrogens (tertiary/aromatic N) is 2. The van der Waals surface area contributed by atoms with E-state index < -0.39 is 59.8 Å². The minimum atomic E-state index is -1.18. The molecule has 0 saturated carbocycles. The zero-order valence-electron chi connectivity index (χ0n) is 32.2. The van der Waals surface area contributed by atoms with Crippen molar-refractivity contribution in [2.24, 2.45) is 0 Å². The van der Waals surface area contributed by atoms with E-state index in [1.165, 1.54) is 70.0 Å². The Balaban J connectivity index is 1.47. The van der Waals surface area contributed by atoms with Crippen LogP contribution in [0.3, 0.4) is 0 Å². The SMILES string of the molecule is CCCCCCCCCCCCCC(=O)N[C@@H](Cc1cnc[nH]1)C(=O)N[C@@H](C)C(=O)N[C@@H](C)C(=O)N1CCC[C@H]1C(=O)N[C@@H](Cc1ccccc1)C(=O)O. The van der Waals surface area contributed by atoms with Gasteiger partial charge in [0.25, 0.3) is 0 Å². The second kappa shape index (κ2) is 23.8. The van der Waals surface area contributed by atoms with Crippen molar-refractivity contribution < 1.29 is 33.9 Å². The molecular weight excluding hydrogens is 690 g/mol. The van der Waals surface area contributed by atoms with Gasteiger partial charge in [-0.3, -0.25) is 24.0 Å². The molecule has 3 rings (SSSR count). The highest BCUT2D eigenvalue weighted by Gasteiger charge is 2.38. The van der Waals surface area contributed by atoms with Crippen LogP contribution < -0.4 is 21.3 Å². The second-order valence-corrected chi connectivity index (χ2v) is 14.4. The molecule has 1 aromatic carbocycles. The van der Waals surface area contributed by atoms with Gasteiger partial charge in [-0.15, -0.1) is 0 Å². The van der Waals surface area contributed by atoms with E-state index in [-0.39, 0.29) is 25.3 Å². The number of hydrogen-bond donors (Lipinski definition) is 6. The first-order valence-corrected chi connectivity index (χ1v) is 19.7. The van der Waals surface area contributed by atoms with Crippen LogP contribution in [0.25, 0.3) is 0 Å². The van der Waals surface area contributed by atoms with E-state index in [1.807, 2.05) is 6.07 Å². The van der Waals surface area contributed by atoms with Crippen LogP contribution in [-0.2, 0) is 41.6 Å². The maximum atomic E-state index is 13.4. The third-order valence-electron chi connectivity index (χ3n) is 9.85. The summed E-state index contributed by atoms with van der Waals surface area (Å²) in [5, 5.41) is 20.4. The van der Waals surface area contributed by atoms with Gasteiger partial charge in [0, 0.05) is 37.7 Å². The summed E-state index contributed by atoms with van der Waals surface area (Å²) < 4.78 is 0. The van der Waals surface area contributed by atoms with E-state index in [9.17, 15) is 33.9 Å². The van der Waals surface area contributed by atoms with Crippen molar-refractivity contribution in [2.75, 3.05) is 6.54 Å². The number of benzene rings is 1. The van der Waals surface area contributed by atoms with Crippen molar-refractivity contribution in [3.63, 3.8) is 0 Å². The number of rotatable bonds is 25. The number of hydrogen-bond acceptors (Lipinski definition) is 7. The lowest BCUT2D eigenvalue weighted by molar-refractivity contribution is -0.144. The lowest BCUT2D eigenvalue weighted by Crippen LogP contribution is -2.57. The van der Waals surface area contributed by atoms with Gasteiger partial charge < -0.3 is 36.3 Å². The number of carboxylic acid groups (broad SMARTS) is 1. The number of carbonyl (C=O) groups excluding carboxylic acids is 5. The van der Waals surface area contributed by atoms with Crippen molar-refractivity contribution in [1.29, 1.82) is 0 Å². The molecule has 1 aliphatic heterocycles. The molecule has 0 aliphatic carbocycles. The Morgan fingerprint density at radius 2 is 1.43 bits per heavy atom. The van der Waals surface area contributed by atoms with Gasteiger partial charge in [-0.1, -0.05) is 101 Å². The highest BCUT2D eigenvalue weighted by molar-refractivity contribution is 5.96. The highest BCUT2D eigenvalue weighted by Crippen LogP contribution is 2.19. The van der Waals surface area contributed by atoms with Crippen LogP contribution in [0.4, 0.5) is 0 Å². The van der Waals surface area contributed by atoms with Crippen molar-refractivity contribution in [2.45, 2.75) is 154 Å². The molecule has 2 heterocycles. The third-order valence-corrected chi connectivity index (χ3v) is 9.85. The first-order chi connectivity index (χ1) is 26.0. The number of amides is 5. The average Bonchev–Trinajstić information content (AvgIpc) is 3.86. The van der Waals surface area contributed by atoms with Crippen LogP contribution in [0.15, 0.2) is 42.9 Å². The number of aliphatic carboxylic acids is 1. The monoisotopic (exact) mass is 751 g/mol. The predicted octanol–water partition coefficient (Wildman–Crippen LogP) is 3.95. The van der Waals surface area contributed by atoms with Crippen molar-refractivity contribution >= 4 is 35.5 Å². The molecule has 1 aromatic heterocycles. The Bertz CT molecular complexity index is 1470. The minimum Gasteiger partial charge on any atom is -0.480 e. The number of carbonyl (C=O) groups is 6. The number of imidazole rings is 1. The van der Waals surface area contributed by atoms with Gasteiger partial charge in [0.1, 0.15) is 30.2 Å². The molecule has 6 N–H and O–H groups in total. The smallest absolute Gasteiger partial charge is 0.326 e. The number of carboxylic acids is 1. The van der Waals surface area contributed by atoms with Gasteiger partial charge >= 0.3 is 5.97 Å². The molecule has 14 heteroatoms. The standard InChI is InChI=1S/C40H61N7O7/c1-4-5-6-7-8-9-10-11-12-13-17-22-35(48)45-32(25-31-26-41-27-42-31)37(50)43-28(2)36(49)44-29(3)39(52)47-23-18-21-34(47)38(51)46-33(40(53)54)24-30-19-15-14-16-20-30/h14-16,19-20,26-29,32-34H,4-13,17-18,21-25H2,1-3H3,(H,41,42)(H,43,50)(H,44,49)(H,45,48)(H,46,51)(H,53,54)/t28-,29-,32-,33-,34-/m0/s1. The van der Waals surface area contributed by atoms with Gasteiger partial charge in [0.2, 0.25) is 29.5 Å². The Kier molecular flexibility index (Phi) is 19.3. The summed E-state index contributed by atoms with van der Waals surface area (Å²) in [5.74, 6) is -3.68. The molecule has 2 aromatic rings. The zero-order chi connectivity index (χ0) is 39.3. The van der Waals surface area contributed by atoms with Crippen LogP contribution in [0.5, 0.6) is 0 Å². The maximum absolute atomic E-state index is 13.4. The van der Waals surface area contributed by atoms with Crippen molar-refractivity contribution in [1.82, 2.24) is 36.1 Å². The average molecular weight is 752 g/mol. The van der Waals surface area contributed by atoms with E-state index in [1.54, 1.807) is 30.5 Å². The Labute approximate surface area is 319 Å².